The predicted octanol–water partition coefficient (Wildman–Crippen LogP) is 10.7. The molecule has 0 fully saturated rings. The van der Waals surface area contributed by atoms with Crippen LogP contribution in [-0.4, -0.2) is 4.21 Å². The van der Waals surface area contributed by atoms with E-state index in [1.54, 1.807) is 0 Å². The average molecular weight is 759 g/mol. The summed E-state index contributed by atoms with van der Waals surface area (Å²) in [6, 6.07) is 36.8. The predicted molar refractivity (Wildman–Crippen MR) is 210 cm³/mol. The summed E-state index contributed by atoms with van der Waals surface area (Å²) in [5.74, 6) is 0. The second-order valence-electron chi connectivity index (χ2n) is 15.4. The zero-order valence-electron chi connectivity index (χ0n) is 28.3. The number of benzene rings is 5. The van der Waals surface area contributed by atoms with Crippen LogP contribution in [0, 0.1) is 0 Å². The van der Waals surface area contributed by atoms with E-state index in [0.29, 0.717) is 0 Å². The van der Waals surface area contributed by atoms with Gasteiger partial charge in [-0.1, -0.05) is 0 Å². The van der Waals surface area contributed by atoms with E-state index in [0.717, 1.165) is 17.9 Å². The molecule has 0 amide bonds. The summed E-state index contributed by atoms with van der Waals surface area (Å²) in [6.45, 7) is 14.0. The van der Waals surface area contributed by atoms with Gasteiger partial charge in [0.25, 0.3) is 0 Å². The summed E-state index contributed by atoms with van der Waals surface area (Å²) in [5, 5.41) is 3.33. The van der Waals surface area contributed by atoms with E-state index in [9.17, 15) is 0 Å². The summed E-state index contributed by atoms with van der Waals surface area (Å²) < 4.78 is 11.4. The minimum absolute atomic E-state index is 0. The summed E-state index contributed by atoms with van der Waals surface area (Å²) in [4.78, 5) is 0. The van der Waals surface area contributed by atoms with E-state index in [1.807, 2.05) is 6.07 Å². The maximum absolute atomic E-state index is 6.94. The quantitative estimate of drug-likeness (QED) is 0.168. The Labute approximate surface area is 299 Å². The molecule has 7 rings (SSSR count). The van der Waals surface area contributed by atoms with Gasteiger partial charge in [-0.15, -0.1) is 24.8 Å². The third-order valence-electron chi connectivity index (χ3n) is 10.7. The van der Waals surface area contributed by atoms with Crippen molar-refractivity contribution in [2.45, 2.75) is 65.2 Å². The Morgan fingerprint density at radius 2 is 1.36 bits per heavy atom. The zero-order chi connectivity index (χ0) is 31.8. The number of allylic oxidation sites excluding steroid dienone is 4. The fourth-order valence-corrected chi connectivity index (χ4v) is 24.7. The first-order valence-corrected chi connectivity index (χ1v) is 23.3. The van der Waals surface area contributed by atoms with Crippen LogP contribution < -0.4 is 9.81 Å². The molecule has 4 heteroatoms. The van der Waals surface area contributed by atoms with Crippen LogP contribution >= 0.6 is 36.4 Å². The number of halogens is 3. The fraction of sp³-hybridized carbons (Fsp3) is 0.233. The zero-order valence-corrected chi connectivity index (χ0v) is 33.1. The molecule has 5 aromatic rings. The maximum atomic E-state index is 6.94. The Morgan fingerprint density at radius 1 is 0.681 bits per heavy atom. The van der Waals surface area contributed by atoms with Crippen molar-refractivity contribution >= 4 is 61.2 Å². The van der Waals surface area contributed by atoms with Crippen LogP contribution in [0.15, 0.2) is 119 Å². The average Bonchev–Trinajstić information content (AvgIpc) is 3.68. The van der Waals surface area contributed by atoms with Gasteiger partial charge < -0.3 is 0 Å². The third kappa shape index (κ3) is 5.51. The second-order valence-corrected chi connectivity index (χ2v) is 28.7. The first-order valence-electron chi connectivity index (χ1n) is 16.3. The van der Waals surface area contributed by atoms with Crippen LogP contribution in [0.25, 0.3) is 21.9 Å². The van der Waals surface area contributed by atoms with Gasteiger partial charge in [0, 0.05) is 0 Å². The van der Waals surface area contributed by atoms with Crippen LogP contribution in [0.3, 0.4) is 0 Å². The van der Waals surface area contributed by atoms with E-state index in [4.69, 9.17) is 15.8 Å². The molecule has 242 valence electrons. The van der Waals surface area contributed by atoms with E-state index >= 15 is 0 Å². The van der Waals surface area contributed by atoms with Gasteiger partial charge in [0.1, 0.15) is 0 Å². The normalized spacial score (nSPS) is 14.3. The number of fused-ring (bicyclic) bond motifs is 4. The molecular formula is C43H45Cl3Zr. The number of hydrogen-bond acceptors (Lipinski definition) is 0. The van der Waals surface area contributed by atoms with Gasteiger partial charge in [0.15, 0.2) is 0 Å². The summed E-state index contributed by atoms with van der Waals surface area (Å²) in [5.41, 5.74) is 8.40. The number of rotatable bonds is 4. The molecule has 0 aliphatic heterocycles. The van der Waals surface area contributed by atoms with Crippen molar-refractivity contribution in [1.82, 2.24) is 0 Å². The first-order chi connectivity index (χ1) is 21.3. The molecule has 0 N–H and O–H groups in total. The van der Waals surface area contributed by atoms with Crippen molar-refractivity contribution in [1.29, 1.82) is 0 Å². The van der Waals surface area contributed by atoms with Gasteiger partial charge in [-0.05, 0) is 0 Å². The van der Waals surface area contributed by atoms with Crippen LogP contribution in [-0.2, 0) is 35.5 Å². The molecule has 2 aliphatic carbocycles. The van der Waals surface area contributed by atoms with Crippen LogP contribution in [0.5, 0.6) is 0 Å². The van der Waals surface area contributed by atoms with Gasteiger partial charge in [0.05, 0.1) is 0 Å². The van der Waals surface area contributed by atoms with Gasteiger partial charge in [0.2, 0.25) is 0 Å². The van der Waals surface area contributed by atoms with Crippen molar-refractivity contribution in [2.24, 2.45) is 0 Å². The molecule has 5 aromatic carbocycles. The Morgan fingerprint density at radius 3 is 2.04 bits per heavy atom. The van der Waals surface area contributed by atoms with Gasteiger partial charge >= 0.3 is 277 Å². The molecule has 0 radical (unpaired) electrons. The van der Waals surface area contributed by atoms with Crippen molar-refractivity contribution in [3.8, 4) is 11.1 Å². The van der Waals surface area contributed by atoms with Crippen LogP contribution in [0.2, 0.25) is 5.02 Å². The van der Waals surface area contributed by atoms with E-state index in [1.165, 1.54) is 57.2 Å². The van der Waals surface area contributed by atoms with Crippen LogP contribution in [0.4, 0.5) is 0 Å². The van der Waals surface area contributed by atoms with Gasteiger partial charge in [-0.3, -0.25) is 0 Å². The van der Waals surface area contributed by atoms with E-state index in [2.05, 4.69) is 151 Å². The molecule has 0 saturated carbocycles. The van der Waals surface area contributed by atoms with Crippen molar-refractivity contribution in [3.05, 3.63) is 146 Å². The van der Waals surface area contributed by atoms with E-state index in [-0.39, 0.29) is 35.6 Å². The topological polar surface area (TPSA) is 0 Å². The van der Waals surface area contributed by atoms with Gasteiger partial charge in [-0.25, -0.2) is 0 Å². The van der Waals surface area contributed by atoms with Crippen molar-refractivity contribution in [3.63, 3.8) is 0 Å². The molecule has 0 nitrogen and oxygen atoms in total. The first kappa shape index (κ1) is 35.8. The van der Waals surface area contributed by atoms with Crippen molar-refractivity contribution in [2.75, 3.05) is 0 Å². The molecule has 47 heavy (non-hydrogen) atoms. The minimum atomic E-state index is -5.01. The summed E-state index contributed by atoms with van der Waals surface area (Å²) >= 11 is 1.93. The van der Waals surface area contributed by atoms with Crippen molar-refractivity contribution < 1.29 is 18.3 Å². The Hall–Kier alpha value is -2.54. The molecule has 0 saturated heterocycles. The summed E-state index contributed by atoms with van der Waals surface area (Å²) in [7, 11) is 0. The second kappa shape index (κ2) is 12.4. The standard InChI is InChI=1S/C21H25.C10H7.C6H4Cl.C5H5.CH2.2ClH.Zr/c1-20(2,3)16-9-7-14-11-15-8-10-17(21(4,5)6)13-19(15)18(14)12-16;1-2-6-10-8-4-3-7-9(10)5-1;7-6-4-2-1-3-5-6;1-2-4-5-3-1;;;;/h7,9-10,12-13H,11H2,1-6H3;1-7H;1-2,4-5H;1-3H,4H2;1H2;2*1H;. The summed E-state index contributed by atoms with van der Waals surface area (Å²) in [6.07, 6.45) is 8.79. The molecule has 0 heterocycles. The monoisotopic (exact) mass is 756 g/mol. The molecule has 0 bridgehead atoms. The Balaban J connectivity index is 0.00000217. The third-order valence-corrected chi connectivity index (χ3v) is 27.2. The van der Waals surface area contributed by atoms with E-state index < -0.39 is 18.3 Å². The van der Waals surface area contributed by atoms with Crippen LogP contribution in [0.1, 0.15) is 70.2 Å². The van der Waals surface area contributed by atoms with Gasteiger partial charge in [-0.2, -0.15) is 0 Å². The molecule has 2 aliphatic rings. The Bertz CT molecular complexity index is 2150. The molecule has 0 unspecified atom stereocenters. The molecule has 0 aromatic heterocycles. The molecule has 0 atom stereocenters. The Kier molecular flexibility index (Phi) is 9.44. The number of hydrogen-bond donors (Lipinski definition) is 0. The molecule has 0 spiro atoms. The molecular weight excluding hydrogens is 714 g/mol. The fourth-order valence-electron chi connectivity index (χ4n) is 8.05. The SMILES string of the molecule is Cl.Cl.[CH2]=[Zr]([C]1=CC=CC1)([c]1cccc(Cl)c1)([c]1cc(C(C)(C)C)cc2c1Cc1ccc(C(C)(C)C)cc1-2)[c]1cccc2ccccc12.